The van der Waals surface area contributed by atoms with E-state index < -0.39 is 0 Å². The molecule has 0 saturated heterocycles. The number of para-hydroxylation sites is 2. The highest BCUT2D eigenvalue weighted by molar-refractivity contribution is 5.61. The van der Waals surface area contributed by atoms with Gasteiger partial charge in [-0.1, -0.05) is 12.1 Å². The predicted octanol–water partition coefficient (Wildman–Crippen LogP) is 2.33. The second kappa shape index (κ2) is 6.15. The molecule has 1 aliphatic heterocycles. The summed E-state index contributed by atoms with van der Waals surface area (Å²) >= 11 is 0. The molecular formula is C15H18N4O3. The normalized spacial score (nSPS) is 13.0. The lowest BCUT2D eigenvalue weighted by molar-refractivity contribution is -0.384. The Labute approximate surface area is 128 Å². The van der Waals surface area contributed by atoms with E-state index in [9.17, 15) is 10.1 Å². The third-order valence-electron chi connectivity index (χ3n) is 3.73. The van der Waals surface area contributed by atoms with Crippen LogP contribution in [0.3, 0.4) is 0 Å². The van der Waals surface area contributed by atoms with Crippen LogP contribution in [0, 0.1) is 10.1 Å². The molecule has 1 aliphatic rings. The third-order valence-corrected chi connectivity index (χ3v) is 3.73. The average Bonchev–Trinajstić information content (AvgIpc) is 3.11. The van der Waals surface area contributed by atoms with E-state index in [1.807, 2.05) is 6.92 Å². The van der Waals surface area contributed by atoms with Gasteiger partial charge in [-0.15, -0.1) is 0 Å². The van der Waals surface area contributed by atoms with Gasteiger partial charge in [0.15, 0.2) is 0 Å². The van der Waals surface area contributed by atoms with Crippen LogP contribution in [0.5, 0.6) is 0 Å². The van der Waals surface area contributed by atoms with E-state index in [-0.39, 0.29) is 10.6 Å². The minimum atomic E-state index is -0.377. The molecule has 7 heteroatoms. The molecule has 0 aliphatic carbocycles. The van der Waals surface area contributed by atoms with E-state index in [1.54, 1.807) is 22.9 Å². The number of benzene rings is 1. The van der Waals surface area contributed by atoms with Crippen LogP contribution in [-0.4, -0.2) is 34.5 Å². The summed E-state index contributed by atoms with van der Waals surface area (Å²) in [5.41, 5.74) is 2.63. The second-order valence-electron chi connectivity index (χ2n) is 5.06. The molecule has 7 nitrogen and oxygen atoms in total. The summed E-state index contributed by atoms with van der Waals surface area (Å²) in [4.78, 5) is 10.9. The first kappa shape index (κ1) is 14.5. The molecule has 0 bridgehead atoms. The van der Waals surface area contributed by atoms with Gasteiger partial charge < -0.3 is 10.1 Å². The van der Waals surface area contributed by atoms with Crippen LogP contribution >= 0.6 is 0 Å². The Balaban J connectivity index is 2.02. The lowest BCUT2D eigenvalue weighted by atomic mass is 10.1. The zero-order chi connectivity index (χ0) is 15.5. The van der Waals surface area contributed by atoms with E-state index in [1.165, 1.54) is 6.07 Å². The number of fused-ring (bicyclic) bond motifs is 1. The van der Waals surface area contributed by atoms with Crippen LogP contribution in [-0.2, 0) is 17.6 Å². The maximum atomic E-state index is 11.2. The number of nitro groups is 1. The molecule has 0 spiro atoms. The number of nitrogens with zero attached hydrogens (tertiary/aromatic N) is 3. The van der Waals surface area contributed by atoms with Crippen molar-refractivity contribution in [2.75, 3.05) is 25.1 Å². The monoisotopic (exact) mass is 302 g/mol. The molecular weight excluding hydrogens is 284 g/mol. The van der Waals surface area contributed by atoms with E-state index in [0.717, 1.165) is 30.0 Å². The van der Waals surface area contributed by atoms with Crippen molar-refractivity contribution in [1.29, 1.82) is 0 Å². The number of aromatic nitrogens is 2. The van der Waals surface area contributed by atoms with Gasteiger partial charge in [0.05, 0.1) is 17.2 Å². The molecule has 2 heterocycles. The smallest absolute Gasteiger partial charge is 0.294 e. The van der Waals surface area contributed by atoms with Gasteiger partial charge in [-0.05, 0) is 19.4 Å². The summed E-state index contributed by atoms with van der Waals surface area (Å²) < 4.78 is 7.05. The fourth-order valence-corrected chi connectivity index (χ4v) is 2.73. The number of hydrogen-bond acceptors (Lipinski definition) is 5. The minimum Gasteiger partial charge on any atom is -0.381 e. The van der Waals surface area contributed by atoms with Crippen LogP contribution in [0.2, 0.25) is 0 Å². The zero-order valence-electron chi connectivity index (χ0n) is 12.4. The van der Waals surface area contributed by atoms with E-state index >= 15 is 0 Å². The molecule has 0 unspecified atom stereocenters. The largest absolute Gasteiger partial charge is 0.381 e. The zero-order valence-corrected chi connectivity index (χ0v) is 12.4. The highest BCUT2D eigenvalue weighted by atomic mass is 16.6. The molecule has 1 N–H and O–H groups in total. The molecule has 0 fully saturated rings. The van der Waals surface area contributed by atoms with Gasteiger partial charge in [-0.25, -0.2) is 4.68 Å². The van der Waals surface area contributed by atoms with E-state index in [2.05, 4.69) is 10.4 Å². The fraction of sp³-hybridized carbons (Fsp3) is 0.400. The molecule has 0 atom stereocenters. The van der Waals surface area contributed by atoms with Crippen molar-refractivity contribution in [3.05, 3.63) is 45.6 Å². The number of anilines is 1. The summed E-state index contributed by atoms with van der Waals surface area (Å²) in [7, 11) is 0. The number of rotatable bonds is 6. The number of nitrogens with one attached hydrogen (secondary N) is 1. The Morgan fingerprint density at radius 3 is 3.05 bits per heavy atom. The third kappa shape index (κ3) is 2.55. The topological polar surface area (TPSA) is 82.2 Å². The van der Waals surface area contributed by atoms with E-state index in [4.69, 9.17) is 4.74 Å². The highest BCUT2D eigenvalue weighted by Gasteiger charge is 2.26. The van der Waals surface area contributed by atoms with Crippen molar-refractivity contribution in [2.45, 2.75) is 19.8 Å². The lowest BCUT2D eigenvalue weighted by Crippen LogP contribution is -2.08. The van der Waals surface area contributed by atoms with Crippen molar-refractivity contribution in [3.8, 4) is 5.69 Å². The second-order valence-corrected chi connectivity index (χ2v) is 5.06. The van der Waals surface area contributed by atoms with Gasteiger partial charge in [0.1, 0.15) is 11.5 Å². The molecule has 2 aromatic rings. The number of hydrogen-bond donors (Lipinski definition) is 1. The van der Waals surface area contributed by atoms with Crippen molar-refractivity contribution < 1.29 is 9.66 Å². The van der Waals surface area contributed by atoms with Gasteiger partial charge in [0, 0.05) is 31.2 Å². The van der Waals surface area contributed by atoms with Crippen molar-refractivity contribution in [1.82, 2.24) is 9.78 Å². The van der Waals surface area contributed by atoms with Crippen LogP contribution in [0.4, 0.5) is 11.5 Å². The summed E-state index contributed by atoms with van der Waals surface area (Å²) in [6.07, 6.45) is 1.60. The molecule has 116 valence electrons. The number of nitro benzene ring substituents is 1. The molecule has 3 rings (SSSR count). The van der Waals surface area contributed by atoms with Gasteiger partial charge >= 0.3 is 0 Å². The van der Waals surface area contributed by atoms with Gasteiger partial charge in [-0.2, -0.15) is 5.10 Å². The average molecular weight is 302 g/mol. The molecule has 1 aromatic heterocycles. The van der Waals surface area contributed by atoms with Crippen LogP contribution in [0.15, 0.2) is 24.3 Å². The molecule has 0 radical (unpaired) electrons. The van der Waals surface area contributed by atoms with Crippen LogP contribution in [0.25, 0.3) is 5.69 Å². The Kier molecular flexibility index (Phi) is 4.06. The maximum Gasteiger partial charge on any atom is 0.294 e. The first-order valence-electron chi connectivity index (χ1n) is 7.38. The van der Waals surface area contributed by atoms with Gasteiger partial charge in [-0.3, -0.25) is 10.1 Å². The summed E-state index contributed by atoms with van der Waals surface area (Å²) in [6.45, 7) is 4.06. The first-order valence-corrected chi connectivity index (χ1v) is 7.38. The SMILES string of the molecule is CCOCCc1nn(-c2ccccc2[N+](=O)[O-])c2c1CCN2. The quantitative estimate of drug-likeness (QED) is 0.503. The van der Waals surface area contributed by atoms with E-state index in [0.29, 0.717) is 25.3 Å². The van der Waals surface area contributed by atoms with Gasteiger partial charge in [0.2, 0.25) is 0 Å². The Morgan fingerprint density at radius 1 is 1.45 bits per heavy atom. The fourth-order valence-electron chi connectivity index (χ4n) is 2.73. The van der Waals surface area contributed by atoms with Crippen molar-refractivity contribution in [2.24, 2.45) is 0 Å². The Bertz CT molecular complexity index is 696. The van der Waals surface area contributed by atoms with Crippen molar-refractivity contribution >= 4 is 11.5 Å². The van der Waals surface area contributed by atoms with Crippen LogP contribution in [0.1, 0.15) is 18.2 Å². The summed E-state index contributed by atoms with van der Waals surface area (Å²) in [5, 5.41) is 19.1. The maximum absolute atomic E-state index is 11.2. The van der Waals surface area contributed by atoms with Gasteiger partial charge in [0.25, 0.3) is 5.69 Å². The molecule has 0 saturated carbocycles. The first-order chi connectivity index (χ1) is 10.7. The van der Waals surface area contributed by atoms with Crippen molar-refractivity contribution in [3.63, 3.8) is 0 Å². The minimum absolute atomic E-state index is 0.0536. The Hall–Kier alpha value is -2.41. The standard InChI is InChI=1S/C15H18N4O3/c1-2-22-10-8-12-11-7-9-16-15(11)18(17-12)13-5-3-4-6-14(13)19(20)21/h3-6,16H,2,7-10H2,1H3. The molecule has 1 aromatic carbocycles. The highest BCUT2D eigenvalue weighted by Crippen LogP contribution is 2.32. The molecule has 0 amide bonds. The Morgan fingerprint density at radius 2 is 2.27 bits per heavy atom. The summed E-state index contributed by atoms with van der Waals surface area (Å²) in [5.74, 6) is 0.862. The number of ether oxygens (including phenoxy) is 1. The predicted molar refractivity (Wildman–Crippen MR) is 82.6 cm³/mol. The summed E-state index contributed by atoms with van der Waals surface area (Å²) in [6, 6.07) is 6.66. The van der Waals surface area contributed by atoms with Crippen LogP contribution < -0.4 is 5.32 Å². The lowest BCUT2D eigenvalue weighted by Gasteiger charge is -2.06. The molecule has 22 heavy (non-hydrogen) atoms.